The van der Waals surface area contributed by atoms with Crippen molar-refractivity contribution in [2.75, 3.05) is 11.9 Å². The van der Waals surface area contributed by atoms with Crippen LogP contribution in [0.1, 0.15) is 18.7 Å². The molecule has 2 aromatic rings. The molecular weight excluding hydrogens is 240 g/mol. The van der Waals surface area contributed by atoms with Crippen LogP contribution >= 0.6 is 0 Å². The summed E-state index contributed by atoms with van der Waals surface area (Å²) in [7, 11) is 0. The topological polar surface area (TPSA) is 70.8 Å². The molecule has 0 aliphatic carbocycles. The number of aromatic nitrogens is 2. The summed E-state index contributed by atoms with van der Waals surface area (Å²) in [5.74, 6) is 0.680. The van der Waals surface area contributed by atoms with Gasteiger partial charge in [-0.3, -0.25) is 9.97 Å². The minimum Gasteiger partial charge on any atom is -0.479 e. The third-order valence-electron chi connectivity index (χ3n) is 2.57. The lowest BCUT2D eigenvalue weighted by molar-refractivity contribution is 0.368. The first-order valence-corrected chi connectivity index (χ1v) is 5.92. The van der Waals surface area contributed by atoms with E-state index in [-0.39, 0.29) is 12.6 Å². The average molecular weight is 254 g/mol. The molecule has 2 rings (SSSR count). The molecule has 0 amide bonds. The summed E-state index contributed by atoms with van der Waals surface area (Å²) >= 11 is 0. The maximum Gasteiger partial charge on any atom is 0.174 e. The number of ether oxygens (including phenoxy) is 1. The van der Waals surface area contributed by atoms with Gasteiger partial charge >= 0.3 is 0 Å². The zero-order chi connectivity index (χ0) is 13.5. The monoisotopic (exact) mass is 254 g/mol. The van der Waals surface area contributed by atoms with Gasteiger partial charge in [0.25, 0.3) is 0 Å². The van der Waals surface area contributed by atoms with Crippen molar-refractivity contribution >= 4 is 5.69 Å². The third kappa shape index (κ3) is 3.68. The molecule has 1 heterocycles. The summed E-state index contributed by atoms with van der Waals surface area (Å²) in [5.41, 5.74) is 1.84. The Morgan fingerprint density at radius 3 is 2.74 bits per heavy atom. The number of benzene rings is 1. The molecule has 1 aromatic carbocycles. The summed E-state index contributed by atoms with van der Waals surface area (Å²) in [5, 5.41) is 11.7. The van der Waals surface area contributed by atoms with Crippen LogP contribution in [-0.4, -0.2) is 16.6 Å². The number of nitrogens with one attached hydrogen (secondary N) is 1. The third-order valence-corrected chi connectivity index (χ3v) is 2.57. The van der Waals surface area contributed by atoms with Crippen molar-refractivity contribution in [1.82, 2.24) is 9.97 Å². The SMILES string of the molecule is CC(Nc1ccc(OCC#N)cc1)c1cnccn1. The van der Waals surface area contributed by atoms with Gasteiger partial charge < -0.3 is 10.1 Å². The maximum atomic E-state index is 8.43. The fourth-order valence-corrected chi connectivity index (χ4v) is 1.62. The molecule has 1 unspecified atom stereocenters. The van der Waals surface area contributed by atoms with Gasteiger partial charge in [-0.2, -0.15) is 5.26 Å². The quantitative estimate of drug-likeness (QED) is 0.887. The number of nitriles is 1. The van der Waals surface area contributed by atoms with Gasteiger partial charge in [0.1, 0.15) is 11.8 Å². The van der Waals surface area contributed by atoms with Gasteiger partial charge in [-0.1, -0.05) is 0 Å². The Balaban J connectivity index is 1.98. The minimum absolute atomic E-state index is 0.0583. The molecular formula is C14H14N4O. The van der Waals surface area contributed by atoms with E-state index in [1.54, 1.807) is 18.6 Å². The first-order chi connectivity index (χ1) is 9.29. The Hall–Kier alpha value is -2.61. The van der Waals surface area contributed by atoms with E-state index in [1.165, 1.54) is 0 Å². The summed E-state index contributed by atoms with van der Waals surface area (Å²) in [6.45, 7) is 2.08. The Bertz CT molecular complexity index is 548. The van der Waals surface area contributed by atoms with E-state index in [2.05, 4.69) is 15.3 Å². The van der Waals surface area contributed by atoms with Crippen molar-refractivity contribution in [3.63, 3.8) is 0 Å². The van der Waals surface area contributed by atoms with Gasteiger partial charge in [-0.15, -0.1) is 0 Å². The smallest absolute Gasteiger partial charge is 0.174 e. The second kappa shape index (κ2) is 6.36. The van der Waals surface area contributed by atoms with Gasteiger partial charge in [-0.05, 0) is 31.2 Å². The zero-order valence-corrected chi connectivity index (χ0v) is 10.6. The van der Waals surface area contributed by atoms with Crippen LogP contribution in [0.5, 0.6) is 5.75 Å². The number of rotatable bonds is 5. The largest absolute Gasteiger partial charge is 0.479 e. The highest BCUT2D eigenvalue weighted by Gasteiger charge is 2.06. The first kappa shape index (κ1) is 12.8. The number of nitrogens with zero attached hydrogens (tertiary/aromatic N) is 3. The van der Waals surface area contributed by atoms with Gasteiger partial charge in [0.05, 0.1) is 17.9 Å². The maximum absolute atomic E-state index is 8.43. The Morgan fingerprint density at radius 1 is 1.32 bits per heavy atom. The molecule has 1 N–H and O–H groups in total. The van der Waals surface area contributed by atoms with Crippen molar-refractivity contribution in [2.24, 2.45) is 0 Å². The lowest BCUT2D eigenvalue weighted by Crippen LogP contribution is -2.08. The van der Waals surface area contributed by atoms with Gasteiger partial charge in [0, 0.05) is 18.1 Å². The van der Waals surface area contributed by atoms with Crippen molar-refractivity contribution in [1.29, 1.82) is 5.26 Å². The first-order valence-electron chi connectivity index (χ1n) is 5.92. The van der Waals surface area contributed by atoms with E-state index >= 15 is 0 Å². The molecule has 0 aliphatic heterocycles. The van der Waals surface area contributed by atoms with E-state index in [0.717, 1.165) is 11.4 Å². The van der Waals surface area contributed by atoms with E-state index in [9.17, 15) is 0 Å². The van der Waals surface area contributed by atoms with Crippen LogP contribution in [0, 0.1) is 11.3 Å². The van der Waals surface area contributed by atoms with Crippen molar-refractivity contribution < 1.29 is 4.74 Å². The molecule has 0 spiro atoms. The molecule has 0 bridgehead atoms. The van der Waals surface area contributed by atoms with Crippen molar-refractivity contribution in [3.8, 4) is 11.8 Å². The molecule has 1 aromatic heterocycles. The van der Waals surface area contributed by atoms with Crippen LogP contribution < -0.4 is 10.1 Å². The van der Waals surface area contributed by atoms with E-state index in [0.29, 0.717) is 5.75 Å². The predicted molar refractivity (Wildman–Crippen MR) is 71.6 cm³/mol. The standard InChI is InChI=1S/C14H14N4O/c1-11(14-10-16-7-8-17-14)18-12-2-4-13(5-3-12)19-9-6-15/h2-5,7-8,10-11,18H,9H2,1H3. The highest BCUT2D eigenvalue weighted by molar-refractivity contribution is 5.47. The van der Waals surface area contributed by atoms with Crippen molar-refractivity contribution in [3.05, 3.63) is 48.5 Å². The number of hydrogen-bond donors (Lipinski definition) is 1. The Morgan fingerprint density at radius 2 is 2.11 bits per heavy atom. The van der Waals surface area contributed by atoms with E-state index in [4.69, 9.17) is 10.00 Å². The number of hydrogen-bond acceptors (Lipinski definition) is 5. The predicted octanol–water partition coefficient (Wildman–Crippen LogP) is 2.55. The normalized spacial score (nSPS) is 11.4. The molecule has 0 fully saturated rings. The molecule has 0 aliphatic rings. The average Bonchev–Trinajstić information content (AvgIpc) is 2.47. The van der Waals surface area contributed by atoms with Gasteiger partial charge in [0.15, 0.2) is 6.61 Å². The minimum atomic E-state index is 0.0583. The van der Waals surface area contributed by atoms with Crippen molar-refractivity contribution in [2.45, 2.75) is 13.0 Å². The summed E-state index contributed by atoms with van der Waals surface area (Å²) in [4.78, 5) is 8.29. The highest BCUT2D eigenvalue weighted by atomic mass is 16.5. The molecule has 19 heavy (non-hydrogen) atoms. The lowest BCUT2D eigenvalue weighted by Gasteiger charge is -2.14. The molecule has 96 valence electrons. The van der Waals surface area contributed by atoms with Gasteiger partial charge in [0.2, 0.25) is 0 Å². The fourth-order valence-electron chi connectivity index (χ4n) is 1.62. The van der Waals surface area contributed by atoms with E-state index < -0.39 is 0 Å². The van der Waals surface area contributed by atoms with Crippen LogP contribution in [0.15, 0.2) is 42.9 Å². The summed E-state index contributed by atoms with van der Waals surface area (Å²) in [6, 6.07) is 9.45. The van der Waals surface area contributed by atoms with Crippen LogP contribution in [-0.2, 0) is 0 Å². The molecule has 5 heteroatoms. The summed E-state index contributed by atoms with van der Waals surface area (Å²) in [6.07, 6.45) is 5.06. The second-order valence-corrected chi connectivity index (χ2v) is 3.97. The highest BCUT2D eigenvalue weighted by Crippen LogP contribution is 2.20. The Kier molecular flexibility index (Phi) is 4.29. The molecule has 5 nitrogen and oxygen atoms in total. The molecule has 0 saturated heterocycles. The van der Waals surface area contributed by atoms with Crippen LogP contribution in [0.2, 0.25) is 0 Å². The fraction of sp³-hybridized carbons (Fsp3) is 0.214. The van der Waals surface area contributed by atoms with E-state index in [1.807, 2.05) is 37.3 Å². The second-order valence-electron chi connectivity index (χ2n) is 3.97. The molecule has 1 atom stereocenters. The Labute approximate surface area is 111 Å². The van der Waals surface area contributed by atoms with Crippen LogP contribution in [0.25, 0.3) is 0 Å². The molecule has 0 radical (unpaired) electrons. The summed E-state index contributed by atoms with van der Waals surface area (Å²) < 4.78 is 5.19. The van der Waals surface area contributed by atoms with Crippen LogP contribution in [0.3, 0.4) is 0 Å². The number of anilines is 1. The van der Waals surface area contributed by atoms with Crippen LogP contribution in [0.4, 0.5) is 5.69 Å². The lowest BCUT2D eigenvalue weighted by atomic mass is 10.2. The van der Waals surface area contributed by atoms with Gasteiger partial charge in [-0.25, -0.2) is 0 Å². The zero-order valence-electron chi connectivity index (χ0n) is 10.6. The molecule has 0 saturated carbocycles.